The standard InChI is InChI=1S/C21H26N4O3/c26-20(27)19(15-17-5-2-1-3-6-17)23-21(28)25-12-4-11-24(13-14-25)16-18-7-9-22-10-8-18/h1-3,5-10,19H,4,11-16H2,(H,23,28)(H,26,27). The fourth-order valence-electron chi connectivity index (χ4n) is 3.37. The fourth-order valence-corrected chi connectivity index (χ4v) is 3.37. The average Bonchev–Trinajstić information content (AvgIpc) is 2.94. The smallest absolute Gasteiger partial charge is 0.326 e. The Morgan fingerprint density at radius 1 is 1.00 bits per heavy atom. The van der Waals surface area contributed by atoms with Gasteiger partial charge in [0.25, 0.3) is 0 Å². The van der Waals surface area contributed by atoms with Crippen molar-refractivity contribution in [2.24, 2.45) is 0 Å². The molecule has 148 valence electrons. The number of carboxylic acids is 1. The number of aliphatic carboxylic acids is 1. The molecule has 1 unspecified atom stereocenters. The van der Waals surface area contributed by atoms with E-state index in [0.29, 0.717) is 13.1 Å². The zero-order valence-corrected chi connectivity index (χ0v) is 15.8. The fraction of sp³-hybridized carbons (Fsp3) is 0.381. The molecule has 0 bridgehead atoms. The largest absolute Gasteiger partial charge is 0.480 e. The molecule has 1 aromatic carbocycles. The number of urea groups is 1. The van der Waals surface area contributed by atoms with E-state index >= 15 is 0 Å². The van der Waals surface area contributed by atoms with Gasteiger partial charge in [0, 0.05) is 51.5 Å². The van der Waals surface area contributed by atoms with Gasteiger partial charge in [-0.15, -0.1) is 0 Å². The topological polar surface area (TPSA) is 85.8 Å². The van der Waals surface area contributed by atoms with Gasteiger partial charge in [-0.3, -0.25) is 9.88 Å². The molecule has 1 fully saturated rings. The van der Waals surface area contributed by atoms with E-state index in [4.69, 9.17) is 0 Å². The SMILES string of the molecule is O=C(O)C(Cc1ccccc1)NC(=O)N1CCCN(Cc2ccncc2)CC1. The molecule has 0 spiro atoms. The predicted octanol–water partition coefficient (Wildman–Crippen LogP) is 1.99. The number of aromatic nitrogens is 1. The molecule has 1 atom stereocenters. The molecule has 1 saturated heterocycles. The van der Waals surface area contributed by atoms with Gasteiger partial charge < -0.3 is 15.3 Å². The van der Waals surface area contributed by atoms with Gasteiger partial charge in [-0.25, -0.2) is 9.59 Å². The monoisotopic (exact) mass is 382 g/mol. The Bertz CT molecular complexity index is 770. The number of carboxylic acid groups (broad SMARTS) is 1. The molecule has 1 aliphatic rings. The van der Waals surface area contributed by atoms with Gasteiger partial charge in [0.1, 0.15) is 6.04 Å². The van der Waals surface area contributed by atoms with Crippen LogP contribution in [-0.2, 0) is 17.8 Å². The van der Waals surface area contributed by atoms with E-state index in [9.17, 15) is 14.7 Å². The third-order valence-electron chi connectivity index (χ3n) is 4.91. The molecule has 3 rings (SSSR count). The first-order valence-corrected chi connectivity index (χ1v) is 9.55. The van der Waals surface area contributed by atoms with Gasteiger partial charge in [0.15, 0.2) is 0 Å². The van der Waals surface area contributed by atoms with E-state index in [1.54, 1.807) is 17.3 Å². The zero-order chi connectivity index (χ0) is 19.8. The van der Waals surface area contributed by atoms with Crippen molar-refractivity contribution in [1.82, 2.24) is 20.1 Å². The Morgan fingerprint density at radius 2 is 1.75 bits per heavy atom. The quantitative estimate of drug-likeness (QED) is 0.798. The molecule has 1 aromatic heterocycles. The first-order valence-electron chi connectivity index (χ1n) is 9.55. The number of carbonyl (C=O) groups is 2. The van der Waals surface area contributed by atoms with Gasteiger partial charge in [-0.05, 0) is 29.7 Å². The maximum absolute atomic E-state index is 12.6. The lowest BCUT2D eigenvalue weighted by atomic mass is 10.1. The highest BCUT2D eigenvalue weighted by molar-refractivity contribution is 5.82. The summed E-state index contributed by atoms with van der Waals surface area (Å²) < 4.78 is 0. The van der Waals surface area contributed by atoms with Crippen molar-refractivity contribution in [1.29, 1.82) is 0 Å². The summed E-state index contributed by atoms with van der Waals surface area (Å²) in [6.07, 6.45) is 4.69. The minimum absolute atomic E-state index is 0.268. The normalized spacial score (nSPS) is 16.2. The van der Waals surface area contributed by atoms with Crippen molar-refractivity contribution in [2.45, 2.75) is 25.4 Å². The summed E-state index contributed by atoms with van der Waals surface area (Å²) in [7, 11) is 0. The number of pyridine rings is 1. The summed E-state index contributed by atoms with van der Waals surface area (Å²) in [5.41, 5.74) is 2.08. The van der Waals surface area contributed by atoms with Crippen molar-refractivity contribution in [3.63, 3.8) is 0 Å². The molecule has 28 heavy (non-hydrogen) atoms. The molecule has 7 nitrogen and oxygen atoms in total. The molecule has 2 N–H and O–H groups in total. The Balaban J connectivity index is 1.53. The average molecular weight is 382 g/mol. The van der Waals surface area contributed by atoms with Crippen LogP contribution in [0, 0.1) is 0 Å². The van der Waals surface area contributed by atoms with Crippen LogP contribution in [0.25, 0.3) is 0 Å². The number of hydrogen-bond acceptors (Lipinski definition) is 4. The van der Waals surface area contributed by atoms with Crippen molar-refractivity contribution >= 4 is 12.0 Å². The molecule has 0 aliphatic carbocycles. The van der Waals surface area contributed by atoms with Crippen LogP contribution in [0.3, 0.4) is 0 Å². The highest BCUT2D eigenvalue weighted by atomic mass is 16.4. The van der Waals surface area contributed by atoms with E-state index in [1.807, 2.05) is 42.5 Å². The van der Waals surface area contributed by atoms with Crippen LogP contribution in [0.1, 0.15) is 17.5 Å². The highest BCUT2D eigenvalue weighted by Gasteiger charge is 2.25. The number of rotatable bonds is 6. The molecule has 7 heteroatoms. The Hall–Kier alpha value is -2.93. The van der Waals surface area contributed by atoms with E-state index in [0.717, 1.165) is 31.6 Å². The maximum Gasteiger partial charge on any atom is 0.326 e. The van der Waals surface area contributed by atoms with Crippen LogP contribution in [0.2, 0.25) is 0 Å². The minimum atomic E-state index is -1.02. The Labute approximate surface area is 165 Å². The number of nitrogens with one attached hydrogen (secondary N) is 1. The lowest BCUT2D eigenvalue weighted by Gasteiger charge is -2.24. The summed E-state index contributed by atoms with van der Waals surface area (Å²) in [4.78, 5) is 32.3. The van der Waals surface area contributed by atoms with Crippen molar-refractivity contribution in [3.8, 4) is 0 Å². The maximum atomic E-state index is 12.6. The molecular weight excluding hydrogens is 356 g/mol. The second kappa shape index (κ2) is 9.85. The summed E-state index contributed by atoms with van der Waals surface area (Å²) in [6.45, 7) is 3.68. The van der Waals surface area contributed by atoms with Crippen LogP contribution in [0.4, 0.5) is 4.79 Å². The molecule has 2 aromatic rings. The summed E-state index contributed by atoms with van der Waals surface area (Å²) in [5.74, 6) is -1.02. The Morgan fingerprint density at radius 3 is 2.46 bits per heavy atom. The molecular formula is C21H26N4O3. The number of nitrogens with zero attached hydrogens (tertiary/aromatic N) is 3. The lowest BCUT2D eigenvalue weighted by molar-refractivity contribution is -0.139. The number of benzene rings is 1. The third kappa shape index (κ3) is 5.79. The Kier molecular flexibility index (Phi) is 6.97. The van der Waals surface area contributed by atoms with E-state index < -0.39 is 12.0 Å². The molecule has 2 heterocycles. The van der Waals surface area contributed by atoms with Gasteiger partial charge in [-0.2, -0.15) is 0 Å². The molecule has 0 saturated carbocycles. The first-order chi connectivity index (χ1) is 13.6. The minimum Gasteiger partial charge on any atom is -0.480 e. The first kappa shape index (κ1) is 19.8. The summed E-state index contributed by atoms with van der Waals surface area (Å²) >= 11 is 0. The molecule has 2 amide bonds. The second-order valence-electron chi connectivity index (χ2n) is 7.00. The van der Waals surface area contributed by atoms with Crippen molar-refractivity contribution < 1.29 is 14.7 Å². The molecule has 0 radical (unpaired) electrons. The van der Waals surface area contributed by atoms with E-state index in [-0.39, 0.29) is 12.5 Å². The summed E-state index contributed by atoms with van der Waals surface area (Å²) in [6, 6.07) is 12.1. The third-order valence-corrected chi connectivity index (χ3v) is 4.91. The zero-order valence-electron chi connectivity index (χ0n) is 15.8. The van der Waals surface area contributed by atoms with Crippen LogP contribution >= 0.6 is 0 Å². The predicted molar refractivity (Wildman–Crippen MR) is 106 cm³/mol. The van der Waals surface area contributed by atoms with Crippen LogP contribution < -0.4 is 5.32 Å². The van der Waals surface area contributed by atoms with Gasteiger partial charge in [-0.1, -0.05) is 30.3 Å². The van der Waals surface area contributed by atoms with E-state index in [1.165, 1.54) is 5.56 Å². The van der Waals surface area contributed by atoms with Crippen LogP contribution in [0.5, 0.6) is 0 Å². The lowest BCUT2D eigenvalue weighted by Crippen LogP contribution is -2.49. The number of hydrogen-bond donors (Lipinski definition) is 2. The second-order valence-corrected chi connectivity index (χ2v) is 7.00. The number of amides is 2. The van der Waals surface area contributed by atoms with Crippen molar-refractivity contribution in [2.75, 3.05) is 26.2 Å². The molecule has 1 aliphatic heterocycles. The van der Waals surface area contributed by atoms with Crippen LogP contribution in [0.15, 0.2) is 54.9 Å². The van der Waals surface area contributed by atoms with Gasteiger partial charge in [0.05, 0.1) is 0 Å². The van der Waals surface area contributed by atoms with Crippen LogP contribution in [-0.4, -0.2) is 64.1 Å². The number of carbonyl (C=O) groups excluding carboxylic acids is 1. The van der Waals surface area contributed by atoms with E-state index in [2.05, 4.69) is 15.2 Å². The highest BCUT2D eigenvalue weighted by Crippen LogP contribution is 2.10. The van der Waals surface area contributed by atoms with Crippen molar-refractivity contribution in [3.05, 3.63) is 66.0 Å². The van der Waals surface area contributed by atoms with Gasteiger partial charge >= 0.3 is 12.0 Å². The van der Waals surface area contributed by atoms with Gasteiger partial charge in [0.2, 0.25) is 0 Å². The summed E-state index contributed by atoms with van der Waals surface area (Å²) in [5, 5.41) is 12.2.